The van der Waals surface area contributed by atoms with Crippen LogP contribution in [0.2, 0.25) is 0 Å². The molecule has 0 saturated carbocycles. The summed E-state index contributed by atoms with van der Waals surface area (Å²) in [6.07, 6.45) is -0.0158. The van der Waals surface area contributed by atoms with Gasteiger partial charge in [0.2, 0.25) is 5.78 Å². The first-order chi connectivity index (χ1) is 4.72. The monoisotopic (exact) mass is 168 g/mol. The van der Waals surface area contributed by atoms with E-state index in [1.807, 2.05) is 0 Å². The molecule has 0 rings (SSSR count). The van der Waals surface area contributed by atoms with Crippen molar-refractivity contribution in [2.75, 3.05) is 6.61 Å². The normalized spacial score (nSPS) is 7.73. The molecule has 4 nitrogen and oxygen atoms in total. The second-order valence-electron chi connectivity index (χ2n) is 1.51. The number of Topliss-reactive ketones (excluding diaryl/α,β-unsaturated/α-hetero) is 1. The number of carbonyl (C=O) groups is 3. The molecule has 0 aliphatic heterocycles. The van der Waals surface area contributed by atoms with Crippen LogP contribution >= 0.6 is 0 Å². The predicted octanol–water partition coefficient (Wildman–Crippen LogP) is -3.18. The number of hydrogen-bond donors (Lipinski definition) is 0. The summed E-state index contributed by atoms with van der Waals surface area (Å²) in [5, 5.41) is 0. The van der Waals surface area contributed by atoms with Crippen molar-refractivity contribution in [3.05, 3.63) is 0 Å². The van der Waals surface area contributed by atoms with E-state index in [1.165, 1.54) is 0 Å². The Morgan fingerprint density at radius 1 is 1.55 bits per heavy atom. The molecule has 0 atom stereocenters. The molecule has 0 aliphatic rings. The van der Waals surface area contributed by atoms with Crippen LogP contribution in [0.4, 0.5) is 0 Å². The van der Waals surface area contributed by atoms with Crippen molar-refractivity contribution in [2.24, 2.45) is 0 Å². The Hall–Kier alpha value is -0.190. The minimum absolute atomic E-state index is 0. The van der Waals surface area contributed by atoms with E-state index in [0.29, 0.717) is 6.29 Å². The van der Waals surface area contributed by atoms with Gasteiger partial charge in [-0.2, -0.15) is 0 Å². The van der Waals surface area contributed by atoms with E-state index in [0.717, 1.165) is 0 Å². The number of ketones is 1. The van der Waals surface area contributed by atoms with Crippen molar-refractivity contribution >= 4 is 18.0 Å². The van der Waals surface area contributed by atoms with Crippen molar-refractivity contribution in [1.82, 2.24) is 0 Å². The van der Waals surface area contributed by atoms with Crippen LogP contribution in [0.15, 0.2) is 0 Å². The van der Waals surface area contributed by atoms with Gasteiger partial charge in [0.05, 0.1) is 13.0 Å². The van der Waals surface area contributed by atoms with Crippen molar-refractivity contribution in [2.45, 2.75) is 13.3 Å². The first-order valence-corrected chi connectivity index (χ1v) is 2.86. The number of hydrogen-bond acceptors (Lipinski definition) is 4. The molecule has 0 spiro atoms. The topological polar surface area (TPSA) is 60.4 Å². The summed E-state index contributed by atoms with van der Waals surface area (Å²) >= 11 is 0. The molecule has 0 radical (unpaired) electrons. The molecule has 0 aromatic carbocycles. The number of esters is 1. The molecule has 11 heavy (non-hydrogen) atoms. The quantitative estimate of drug-likeness (QED) is 0.146. The van der Waals surface area contributed by atoms with Gasteiger partial charge in [-0.25, -0.2) is 4.79 Å². The van der Waals surface area contributed by atoms with Gasteiger partial charge in [0, 0.05) is 0 Å². The van der Waals surface area contributed by atoms with Gasteiger partial charge in [0.1, 0.15) is 6.29 Å². The Bertz CT molecular complexity index is 160. The summed E-state index contributed by atoms with van der Waals surface area (Å²) in [6, 6.07) is 0. The number of rotatable bonds is 4. The van der Waals surface area contributed by atoms with E-state index >= 15 is 0 Å². The van der Waals surface area contributed by atoms with Crippen molar-refractivity contribution in [1.29, 1.82) is 0 Å². The molecule has 58 valence electrons. The molecule has 0 N–H and O–H groups in total. The third-order valence-corrected chi connectivity index (χ3v) is 0.772. The van der Waals surface area contributed by atoms with Crippen molar-refractivity contribution in [3.8, 4) is 0 Å². The van der Waals surface area contributed by atoms with Crippen LogP contribution < -0.4 is 29.6 Å². The van der Waals surface area contributed by atoms with E-state index in [1.54, 1.807) is 6.92 Å². The maximum absolute atomic E-state index is 10.4. The molecule has 0 heterocycles. The largest absolute Gasteiger partial charge is 1.00 e. The van der Waals surface area contributed by atoms with E-state index in [-0.39, 0.29) is 37.6 Å². The molecule has 0 aromatic rings. The summed E-state index contributed by atoms with van der Waals surface area (Å²) in [7, 11) is 0. The molecule has 0 saturated heterocycles. The van der Waals surface area contributed by atoms with Gasteiger partial charge in [-0.3, -0.25) is 4.79 Å². The maximum atomic E-state index is 10.4. The minimum Gasteiger partial charge on any atom is -1.00 e. The summed E-state index contributed by atoms with van der Waals surface area (Å²) in [4.78, 5) is 30.5. The Balaban J connectivity index is -0.000000405. The molecule has 0 unspecified atom stereocenters. The zero-order valence-electron chi connectivity index (χ0n) is 7.62. The number of ether oxygens (including phenoxy) is 1. The van der Waals surface area contributed by atoms with Crippen molar-refractivity contribution in [3.63, 3.8) is 0 Å². The van der Waals surface area contributed by atoms with Crippen LogP contribution in [0.25, 0.3) is 0 Å². The van der Waals surface area contributed by atoms with E-state index in [9.17, 15) is 14.4 Å². The first-order valence-electron chi connectivity index (χ1n) is 2.86. The average Bonchev–Trinajstić information content (AvgIpc) is 1.89. The zero-order valence-corrected chi connectivity index (χ0v) is 8.62. The fourth-order valence-electron chi connectivity index (χ4n) is 0.371. The number of aldehydes is 1. The van der Waals surface area contributed by atoms with Crippen LogP contribution in [0, 0.1) is 0 Å². The fourth-order valence-corrected chi connectivity index (χ4v) is 0.371. The Morgan fingerprint density at radius 2 is 2.09 bits per heavy atom. The Kier molecular flexibility index (Phi) is 9.64. The molecular weight excluding hydrogens is 159 g/mol. The average molecular weight is 168 g/mol. The third-order valence-electron chi connectivity index (χ3n) is 0.772. The smallest absolute Gasteiger partial charge is 1.00 e. The fraction of sp³-hybridized carbons (Fsp3) is 0.500. The molecule has 0 aromatic heterocycles. The predicted molar refractivity (Wildman–Crippen MR) is 33.4 cm³/mol. The van der Waals surface area contributed by atoms with Crippen LogP contribution in [0.5, 0.6) is 0 Å². The summed E-state index contributed by atoms with van der Waals surface area (Å²) < 4.78 is 4.31. The van der Waals surface area contributed by atoms with Crippen molar-refractivity contribution < 1.29 is 50.1 Å². The van der Waals surface area contributed by atoms with Crippen LogP contribution in [0.3, 0.4) is 0 Å². The van der Waals surface area contributed by atoms with Gasteiger partial charge >= 0.3 is 35.5 Å². The zero-order chi connectivity index (χ0) is 7.98. The maximum Gasteiger partial charge on any atom is 1.00 e. The third kappa shape index (κ3) is 6.22. The first kappa shape index (κ1) is 13.4. The molecule has 0 fully saturated rings. The Morgan fingerprint density at radius 3 is 2.45 bits per heavy atom. The molecule has 0 bridgehead atoms. The van der Waals surface area contributed by atoms with Gasteiger partial charge in [-0.05, 0) is 6.92 Å². The molecule has 5 heteroatoms. The van der Waals surface area contributed by atoms with Gasteiger partial charge in [0.15, 0.2) is 0 Å². The molecular formula is C6H9NaO4. The summed E-state index contributed by atoms with van der Waals surface area (Å²) in [5.41, 5.74) is 0. The second-order valence-corrected chi connectivity index (χ2v) is 1.51. The van der Waals surface area contributed by atoms with Crippen LogP contribution in [-0.4, -0.2) is 24.6 Å². The second kappa shape index (κ2) is 7.91. The van der Waals surface area contributed by atoms with Gasteiger partial charge in [-0.1, -0.05) is 0 Å². The van der Waals surface area contributed by atoms with E-state index < -0.39 is 18.2 Å². The van der Waals surface area contributed by atoms with Gasteiger partial charge in [0.25, 0.3) is 0 Å². The van der Waals surface area contributed by atoms with E-state index in [2.05, 4.69) is 4.74 Å². The minimum atomic E-state index is -0.936. The standard InChI is InChI=1S/C6H8O4.Na.H/c1-2-10-6(9)5(8)3-4-7;;/h4H,2-3H2,1H3;;/q;+1;-1. The van der Waals surface area contributed by atoms with Crippen LogP contribution in [0.1, 0.15) is 14.8 Å². The molecule has 0 aliphatic carbocycles. The van der Waals surface area contributed by atoms with Crippen LogP contribution in [-0.2, 0) is 19.1 Å². The Labute approximate surface area is 88.1 Å². The summed E-state index contributed by atoms with van der Waals surface area (Å²) in [5.74, 6) is -1.73. The van der Waals surface area contributed by atoms with E-state index in [4.69, 9.17) is 0 Å². The number of carbonyl (C=O) groups excluding carboxylic acids is 3. The summed E-state index contributed by atoms with van der Waals surface area (Å²) in [6.45, 7) is 1.75. The van der Waals surface area contributed by atoms with Gasteiger partial charge < -0.3 is 11.0 Å². The molecule has 0 amide bonds. The van der Waals surface area contributed by atoms with Gasteiger partial charge in [-0.15, -0.1) is 0 Å². The SMILES string of the molecule is CCOC(=O)C(=O)CC=O.[H-].[Na+].